The number of amides is 1. The van der Waals surface area contributed by atoms with Crippen molar-refractivity contribution in [2.24, 2.45) is 5.10 Å². The molecule has 1 N–H and O–H groups in total. The summed E-state index contributed by atoms with van der Waals surface area (Å²) in [5.74, 6) is 1.03. The molecule has 0 atom stereocenters. The molecule has 0 bridgehead atoms. The smallest absolute Gasteiger partial charge is 0.271 e. The first kappa shape index (κ1) is 21.6. The zero-order valence-corrected chi connectivity index (χ0v) is 19.9. The molecule has 7 heteroatoms. The van der Waals surface area contributed by atoms with Crippen molar-refractivity contribution < 1.29 is 14.3 Å². The van der Waals surface area contributed by atoms with Gasteiger partial charge in [0.05, 0.1) is 16.9 Å². The van der Waals surface area contributed by atoms with Gasteiger partial charge in [0.1, 0.15) is 6.61 Å². The Hall–Kier alpha value is -2.14. The molecule has 0 saturated carbocycles. The normalized spacial score (nSPS) is 10.7. The summed E-state index contributed by atoms with van der Waals surface area (Å²) in [6.07, 6.45) is 1.58. The van der Waals surface area contributed by atoms with Crippen LogP contribution in [-0.4, -0.2) is 19.2 Å². The molecule has 3 aromatic rings. The number of hydrogen-bond donors (Lipinski definition) is 1. The van der Waals surface area contributed by atoms with Crippen LogP contribution in [0.5, 0.6) is 11.5 Å². The van der Waals surface area contributed by atoms with Crippen LogP contribution in [0.25, 0.3) is 0 Å². The van der Waals surface area contributed by atoms with E-state index in [1.165, 1.54) is 0 Å². The number of carbonyl (C=O) groups excluding carboxylic acids is 1. The van der Waals surface area contributed by atoms with Crippen molar-refractivity contribution in [3.63, 3.8) is 0 Å². The molecule has 0 radical (unpaired) electrons. The lowest BCUT2D eigenvalue weighted by Crippen LogP contribution is -2.17. The first-order chi connectivity index (χ1) is 14.1. The molecule has 0 aliphatic carbocycles. The molecule has 0 unspecified atom stereocenters. The summed E-state index contributed by atoms with van der Waals surface area (Å²) in [6, 6.07) is 21.0. The Morgan fingerprint density at radius 1 is 1.07 bits per heavy atom. The minimum absolute atomic E-state index is 0.260. The highest BCUT2D eigenvalue weighted by Gasteiger charge is 2.12. The van der Waals surface area contributed by atoms with E-state index in [-0.39, 0.29) is 5.91 Å². The average molecular weight is 612 g/mol. The molecule has 0 fully saturated rings. The van der Waals surface area contributed by atoms with Gasteiger partial charge in [-0.05, 0) is 86.6 Å². The molecule has 1 amide bonds. The number of carbonyl (C=O) groups is 1. The van der Waals surface area contributed by atoms with Crippen molar-refractivity contribution >= 4 is 57.3 Å². The topological polar surface area (TPSA) is 59.9 Å². The number of hydrogen-bond acceptors (Lipinski definition) is 4. The van der Waals surface area contributed by atoms with E-state index in [2.05, 4.69) is 55.7 Å². The fourth-order valence-electron chi connectivity index (χ4n) is 2.54. The molecule has 0 aromatic heterocycles. The zero-order valence-electron chi connectivity index (χ0n) is 15.6. The maximum Gasteiger partial charge on any atom is 0.271 e. The van der Waals surface area contributed by atoms with Gasteiger partial charge in [0, 0.05) is 9.13 Å². The summed E-state index contributed by atoms with van der Waals surface area (Å²) in [6.45, 7) is 0.451. The summed E-state index contributed by atoms with van der Waals surface area (Å²) >= 11 is 4.37. The number of rotatable bonds is 7. The third-order valence-electron chi connectivity index (χ3n) is 3.94. The number of ether oxygens (including phenoxy) is 2. The van der Waals surface area contributed by atoms with Gasteiger partial charge in [0.15, 0.2) is 11.5 Å². The van der Waals surface area contributed by atoms with Crippen LogP contribution >= 0.6 is 45.2 Å². The average Bonchev–Trinajstić information content (AvgIpc) is 2.73. The molecule has 29 heavy (non-hydrogen) atoms. The van der Waals surface area contributed by atoms with E-state index in [0.717, 1.165) is 18.3 Å². The highest BCUT2D eigenvalue weighted by Crippen LogP contribution is 2.34. The van der Waals surface area contributed by atoms with Gasteiger partial charge in [-0.3, -0.25) is 4.79 Å². The van der Waals surface area contributed by atoms with Crippen molar-refractivity contribution in [2.45, 2.75) is 6.61 Å². The Kier molecular flexibility index (Phi) is 7.87. The minimum Gasteiger partial charge on any atom is -0.493 e. The fourth-order valence-corrected chi connectivity index (χ4v) is 3.87. The van der Waals surface area contributed by atoms with Crippen molar-refractivity contribution in [1.82, 2.24) is 5.43 Å². The van der Waals surface area contributed by atoms with Crippen LogP contribution in [-0.2, 0) is 6.61 Å². The summed E-state index contributed by atoms with van der Waals surface area (Å²) in [7, 11) is 1.60. The molecule has 3 aromatic carbocycles. The minimum atomic E-state index is -0.260. The second kappa shape index (κ2) is 10.6. The second-order valence-corrected chi connectivity index (χ2v) is 8.43. The van der Waals surface area contributed by atoms with Crippen molar-refractivity contribution in [3.8, 4) is 11.5 Å². The predicted octanol–water partition coefficient (Wildman–Crippen LogP) is 5.25. The molecule has 0 aliphatic heterocycles. The van der Waals surface area contributed by atoms with Crippen LogP contribution in [0.4, 0.5) is 0 Å². The summed E-state index contributed by atoms with van der Waals surface area (Å²) in [4.78, 5) is 12.2. The molecule has 0 aliphatic rings. The van der Waals surface area contributed by atoms with Crippen LogP contribution in [0.15, 0.2) is 71.8 Å². The van der Waals surface area contributed by atoms with Crippen LogP contribution in [0.3, 0.4) is 0 Å². The lowest BCUT2D eigenvalue weighted by molar-refractivity contribution is 0.0955. The van der Waals surface area contributed by atoms with E-state index in [4.69, 9.17) is 9.47 Å². The van der Waals surface area contributed by atoms with E-state index in [0.29, 0.717) is 23.7 Å². The van der Waals surface area contributed by atoms with Gasteiger partial charge < -0.3 is 9.47 Å². The van der Waals surface area contributed by atoms with Crippen molar-refractivity contribution in [2.75, 3.05) is 7.11 Å². The highest BCUT2D eigenvalue weighted by molar-refractivity contribution is 14.1. The molecular formula is C22H18I2N2O3. The number of nitrogens with one attached hydrogen (secondary N) is 1. The Morgan fingerprint density at radius 2 is 1.86 bits per heavy atom. The van der Waals surface area contributed by atoms with E-state index < -0.39 is 0 Å². The quantitative estimate of drug-likeness (QED) is 0.226. The maximum absolute atomic E-state index is 12.2. The summed E-state index contributed by atoms with van der Waals surface area (Å²) in [5.41, 5.74) is 4.98. The zero-order chi connectivity index (χ0) is 20.6. The van der Waals surface area contributed by atoms with E-state index >= 15 is 0 Å². The lowest BCUT2D eigenvalue weighted by Gasteiger charge is -2.13. The van der Waals surface area contributed by atoms with Crippen LogP contribution in [0, 0.1) is 7.14 Å². The van der Waals surface area contributed by atoms with E-state index in [9.17, 15) is 4.79 Å². The lowest BCUT2D eigenvalue weighted by atomic mass is 10.2. The monoisotopic (exact) mass is 612 g/mol. The Bertz CT molecular complexity index is 1020. The van der Waals surface area contributed by atoms with Gasteiger partial charge in [0.2, 0.25) is 0 Å². The molecule has 0 heterocycles. The number of halogens is 2. The molecular weight excluding hydrogens is 594 g/mol. The highest BCUT2D eigenvalue weighted by atomic mass is 127. The third kappa shape index (κ3) is 6.17. The van der Waals surface area contributed by atoms with Crippen molar-refractivity contribution in [1.29, 1.82) is 0 Å². The second-order valence-electron chi connectivity index (χ2n) is 6.02. The van der Waals surface area contributed by atoms with Crippen LogP contribution in [0.1, 0.15) is 21.5 Å². The molecule has 3 rings (SSSR count). The molecule has 0 saturated heterocycles. The summed E-state index contributed by atoms with van der Waals surface area (Å²) < 4.78 is 13.3. The number of hydrazone groups is 1. The molecule has 0 spiro atoms. The van der Waals surface area contributed by atoms with Gasteiger partial charge >= 0.3 is 0 Å². The Labute approximate surface area is 196 Å². The van der Waals surface area contributed by atoms with E-state index in [1.54, 1.807) is 25.5 Å². The third-order valence-corrected chi connectivity index (χ3v) is 5.42. The van der Waals surface area contributed by atoms with Crippen LogP contribution < -0.4 is 14.9 Å². The van der Waals surface area contributed by atoms with Crippen molar-refractivity contribution in [3.05, 3.63) is 90.6 Å². The number of nitrogens with zero attached hydrogens (tertiary/aromatic N) is 1. The van der Waals surface area contributed by atoms with Gasteiger partial charge in [-0.2, -0.15) is 5.10 Å². The Balaban J connectivity index is 1.69. The molecule has 148 valence electrons. The Morgan fingerprint density at radius 3 is 2.59 bits per heavy atom. The first-order valence-corrected chi connectivity index (χ1v) is 10.9. The van der Waals surface area contributed by atoms with Crippen LogP contribution in [0.2, 0.25) is 0 Å². The maximum atomic E-state index is 12.2. The van der Waals surface area contributed by atoms with Gasteiger partial charge in [0.25, 0.3) is 5.91 Å². The van der Waals surface area contributed by atoms with Gasteiger partial charge in [-0.25, -0.2) is 5.43 Å². The SMILES string of the molecule is COc1cc(/C=N\NC(=O)c2cccc(I)c2)cc(I)c1OCc1ccccc1. The number of benzene rings is 3. The summed E-state index contributed by atoms with van der Waals surface area (Å²) in [5, 5.41) is 4.06. The first-order valence-electron chi connectivity index (χ1n) is 8.70. The largest absolute Gasteiger partial charge is 0.493 e. The van der Waals surface area contributed by atoms with Gasteiger partial charge in [-0.1, -0.05) is 36.4 Å². The van der Waals surface area contributed by atoms with E-state index in [1.807, 2.05) is 54.6 Å². The fraction of sp³-hybridized carbons (Fsp3) is 0.0909. The number of methoxy groups -OCH3 is 1. The molecule has 5 nitrogen and oxygen atoms in total. The predicted molar refractivity (Wildman–Crippen MR) is 131 cm³/mol. The standard InChI is InChI=1S/C22H18I2N2O3/c1-28-20-11-16(13-25-26-22(27)17-8-5-9-18(23)12-17)10-19(24)21(20)29-14-15-6-3-2-4-7-15/h2-13H,14H2,1H3,(H,26,27)/b25-13-. The van der Waals surface area contributed by atoms with Gasteiger partial charge in [-0.15, -0.1) is 0 Å².